The zero-order chi connectivity index (χ0) is 23.1. The molecule has 0 N–H and O–H groups in total. The summed E-state index contributed by atoms with van der Waals surface area (Å²) < 4.78 is 38.2. The maximum absolute atomic E-state index is 12.7. The molecule has 7 nitrogen and oxygen atoms in total. The Bertz CT molecular complexity index is 1140. The van der Waals surface area contributed by atoms with E-state index in [1.165, 1.54) is 4.31 Å². The van der Waals surface area contributed by atoms with E-state index in [0.29, 0.717) is 31.2 Å². The largest absolute Gasteiger partial charge is 0.489 e. The monoisotopic (exact) mass is 466 g/mol. The van der Waals surface area contributed by atoms with Crippen LogP contribution in [-0.2, 0) is 21.4 Å². The Balaban J connectivity index is 1.23. The number of carbonyl (C=O) groups excluding carboxylic acids is 1. The van der Waals surface area contributed by atoms with Crippen molar-refractivity contribution in [3.63, 3.8) is 0 Å². The molecule has 3 aromatic rings. The van der Waals surface area contributed by atoms with Crippen molar-refractivity contribution in [3.05, 3.63) is 90.5 Å². The van der Waals surface area contributed by atoms with E-state index in [9.17, 15) is 13.2 Å². The molecule has 0 atom stereocenters. The van der Waals surface area contributed by atoms with Crippen LogP contribution in [-0.4, -0.2) is 56.3 Å². The molecule has 1 aliphatic rings. The summed E-state index contributed by atoms with van der Waals surface area (Å²) in [5.74, 6) is 1.12. The summed E-state index contributed by atoms with van der Waals surface area (Å²) in [6.07, 6.45) is 0. The van der Waals surface area contributed by atoms with Crippen LogP contribution in [0.25, 0.3) is 0 Å². The number of sulfonamides is 1. The highest BCUT2D eigenvalue weighted by molar-refractivity contribution is 7.89. The van der Waals surface area contributed by atoms with Crippen LogP contribution in [0.4, 0.5) is 0 Å². The number of nitrogens with zero attached hydrogens (tertiary/aromatic N) is 2. The number of ether oxygens (including phenoxy) is 2. The van der Waals surface area contributed by atoms with Gasteiger partial charge in [0.05, 0.1) is 4.90 Å². The maximum Gasteiger partial charge on any atom is 0.260 e. The van der Waals surface area contributed by atoms with Crippen LogP contribution < -0.4 is 9.47 Å². The molecule has 0 spiro atoms. The quantitative estimate of drug-likeness (QED) is 0.510. The van der Waals surface area contributed by atoms with E-state index in [1.54, 1.807) is 59.5 Å². The third-order valence-corrected chi connectivity index (χ3v) is 7.32. The predicted octanol–water partition coefficient (Wildman–Crippen LogP) is 3.18. The molecular weight excluding hydrogens is 440 g/mol. The zero-order valence-corrected chi connectivity index (χ0v) is 19.0. The van der Waals surface area contributed by atoms with Crippen LogP contribution in [0.5, 0.6) is 11.5 Å². The fourth-order valence-corrected chi connectivity index (χ4v) is 4.97. The van der Waals surface area contributed by atoms with Crippen LogP contribution in [0.1, 0.15) is 5.56 Å². The fourth-order valence-electron chi connectivity index (χ4n) is 3.53. The minimum Gasteiger partial charge on any atom is -0.489 e. The van der Waals surface area contributed by atoms with Crippen molar-refractivity contribution in [2.45, 2.75) is 11.5 Å². The molecule has 0 saturated carbocycles. The lowest BCUT2D eigenvalue weighted by Gasteiger charge is -2.33. The lowest BCUT2D eigenvalue weighted by atomic mass is 10.2. The topological polar surface area (TPSA) is 76.2 Å². The normalized spacial score (nSPS) is 14.6. The molecule has 1 heterocycles. The summed E-state index contributed by atoms with van der Waals surface area (Å²) in [6.45, 7) is 1.56. The Morgan fingerprint density at radius 3 is 1.88 bits per heavy atom. The molecule has 1 aliphatic heterocycles. The Morgan fingerprint density at radius 1 is 0.727 bits per heavy atom. The van der Waals surface area contributed by atoms with Crippen LogP contribution in [0, 0.1) is 0 Å². The maximum atomic E-state index is 12.7. The minimum absolute atomic E-state index is 0.102. The molecule has 1 fully saturated rings. The van der Waals surface area contributed by atoms with Crippen molar-refractivity contribution >= 4 is 15.9 Å². The summed E-state index contributed by atoms with van der Waals surface area (Å²) in [5.41, 5.74) is 1.08. The van der Waals surface area contributed by atoms with Crippen LogP contribution in [0.3, 0.4) is 0 Å². The Kier molecular flexibility index (Phi) is 7.26. The average Bonchev–Trinajstić information content (AvgIpc) is 2.88. The molecule has 0 radical (unpaired) electrons. The van der Waals surface area contributed by atoms with Crippen LogP contribution in [0.2, 0.25) is 0 Å². The molecule has 0 unspecified atom stereocenters. The highest BCUT2D eigenvalue weighted by Crippen LogP contribution is 2.20. The minimum atomic E-state index is -3.54. The SMILES string of the molecule is O=C(COc1ccc(OCc2ccccc2)cc1)N1CCN(S(=O)(=O)c2ccccc2)CC1. The Hall–Kier alpha value is -3.36. The lowest BCUT2D eigenvalue weighted by Crippen LogP contribution is -2.51. The van der Waals surface area contributed by atoms with Gasteiger partial charge in [-0.1, -0.05) is 48.5 Å². The summed E-state index contributed by atoms with van der Waals surface area (Å²) in [7, 11) is -3.54. The van der Waals surface area contributed by atoms with Crippen molar-refractivity contribution in [1.29, 1.82) is 0 Å². The number of benzene rings is 3. The van der Waals surface area contributed by atoms with E-state index in [1.807, 2.05) is 30.3 Å². The van der Waals surface area contributed by atoms with Crippen LogP contribution in [0.15, 0.2) is 89.8 Å². The molecule has 0 aromatic heterocycles. The molecule has 0 aliphatic carbocycles. The summed E-state index contributed by atoms with van der Waals surface area (Å²) in [5, 5.41) is 0. The first-order valence-electron chi connectivity index (χ1n) is 10.7. The van der Waals surface area contributed by atoms with Crippen LogP contribution >= 0.6 is 0 Å². The average molecular weight is 467 g/mol. The van der Waals surface area contributed by atoms with Gasteiger partial charge in [0.1, 0.15) is 18.1 Å². The van der Waals surface area contributed by atoms with Gasteiger partial charge in [-0.15, -0.1) is 0 Å². The second-order valence-electron chi connectivity index (χ2n) is 7.63. The van der Waals surface area contributed by atoms with Gasteiger partial charge in [-0.05, 0) is 42.0 Å². The molecular formula is C25H26N2O5S. The number of carbonyl (C=O) groups is 1. The van der Waals surface area contributed by atoms with E-state index in [0.717, 1.165) is 5.56 Å². The Labute approximate surface area is 194 Å². The molecule has 4 rings (SSSR count). The van der Waals surface area contributed by atoms with Crippen molar-refractivity contribution in [2.24, 2.45) is 0 Å². The van der Waals surface area contributed by atoms with Gasteiger partial charge >= 0.3 is 0 Å². The van der Waals surface area contributed by atoms with Gasteiger partial charge in [0, 0.05) is 26.2 Å². The van der Waals surface area contributed by atoms with Gasteiger partial charge in [-0.25, -0.2) is 8.42 Å². The number of amides is 1. The van der Waals surface area contributed by atoms with Crippen molar-refractivity contribution in [2.75, 3.05) is 32.8 Å². The van der Waals surface area contributed by atoms with E-state index in [2.05, 4.69) is 0 Å². The number of hydrogen-bond acceptors (Lipinski definition) is 5. The zero-order valence-electron chi connectivity index (χ0n) is 18.2. The molecule has 3 aromatic carbocycles. The van der Waals surface area contributed by atoms with E-state index in [-0.39, 0.29) is 30.5 Å². The smallest absolute Gasteiger partial charge is 0.260 e. The van der Waals surface area contributed by atoms with Crippen molar-refractivity contribution in [1.82, 2.24) is 9.21 Å². The molecule has 1 saturated heterocycles. The first-order valence-corrected chi connectivity index (χ1v) is 12.2. The molecule has 33 heavy (non-hydrogen) atoms. The first kappa shape index (κ1) is 22.8. The third-order valence-electron chi connectivity index (χ3n) is 5.41. The number of rotatable bonds is 8. The predicted molar refractivity (Wildman–Crippen MR) is 124 cm³/mol. The van der Waals surface area contributed by atoms with E-state index < -0.39 is 10.0 Å². The summed E-state index contributed by atoms with van der Waals surface area (Å²) in [6, 6.07) is 25.4. The number of hydrogen-bond donors (Lipinski definition) is 0. The van der Waals surface area contributed by atoms with E-state index >= 15 is 0 Å². The second kappa shape index (κ2) is 10.5. The molecule has 172 valence electrons. The van der Waals surface area contributed by atoms with Gasteiger partial charge in [-0.2, -0.15) is 4.31 Å². The van der Waals surface area contributed by atoms with Crippen molar-refractivity contribution < 1.29 is 22.7 Å². The third kappa shape index (κ3) is 5.91. The summed E-state index contributed by atoms with van der Waals surface area (Å²) >= 11 is 0. The lowest BCUT2D eigenvalue weighted by molar-refractivity contribution is -0.134. The molecule has 8 heteroatoms. The highest BCUT2D eigenvalue weighted by Gasteiger charge is 2.30. The first-order chi connectivity index (χ1) is 16.0. The second-order valence-corrected chi connectivity index (χ2v) is 9.57. The number of piperazine rings is 1. The Morgan fingerprint density at radius 2 is 1.27 bits per heavy atom. The summed E-state index contributed by atoms with van der Waals surface area (Å²) in [4.78, 5) is 14.4. The molecule has 1 amide bonds. The van der Waals surface area contributed by atoms with Crippen molar-refractivity contribution in [3.8, 4) is 11.5 Å². The highest BCUT2D eigenvalue weighted by atomic mass is 32.2. The van der Waals surface area contributed by atoms with Gasteiger partial charge in [0.25, 0.3) is 5.91 Å². The fraction of sp³-hybridized carbons (Fsp3) is 0.240. The van der Waals surface area contributed by atoms with Gasteiger partial charge < -0.3 is 14.4 Å². The van der Waals surface area contributed by atoms with E-state index in [4.69, 9.17) is 9.47 Å². The van der Waals surface area contributed by atoms with Gasteiger partial charge in [-0.3, -0.25) is 4.79 Å². The molecule has 0 bridgehead atoms. The standard InChI is InChI=1S/C25H26N2O5S/c28-25(26-15-17-27(18-16-26)33(29,30)24-9-5-2-6-10-24)20-32-23-13-11-22(12-14-23)31-19-21-7-3-1-4-8-21/h1-14H,15-20H2. The van der Waals surface area contributed by atoms with Gasteiger partial charge in [0.2, 0.25) is 10.0 Å². The van der Waals surface area contributed by atoms with Gasteiger partial charge in [0.15, 0.2) is 6.61 Å².